The molecule has 424 valence electrons. The van der Waals surface area contributed by atoms with E-state index in [1.165, 1.54) is 9.91 Å². The summed E-state index contributed by atoms with van der Waals surface area (Å²) >= 11 is 0. The number of hydrogen-bond acceptors (Lipinski definition) is 11. The highest BCUT2D eigenvalue weighted by molar-refractivity contribution is 7.60. The van der Waals surface area contributed by atoms with Gasteiger partial charge in [-0.05, 0) is 130 Å². The molecule has 6 atom stereocenters. The molecule has 0 saturated carbocycles. The van der Waals surface area contributed by atoms with Crippen molar-refractivity contribution in [2.75, 3.05) is 46.9 Å². The number of phenols is 1. The highest BCUT2D eigenvalue weighted by atomic mass is 32.1. The molecule has 2 aromatic heterocycles. The minimum absolute atomic E-state index is 0. The number of nitrogens with one attached hydrogen (secondary N) is 3. The van der Waals surface area contributed by atoms with Gasteiger partial charge in [-0.25, -0.2) is 5.43 Å². The Hall–Kier alpha value is -3.74. The zero-order valence-corrected chi connectivity index (χ0v) is 51.4. The Morgan fingerprint density at radius 3 is 2.34 bits per heavy atom. The van der Waals surface area contributed by atoms with Crippen LogP contribution in [0.4, 0.5) is 0 Å². The van der Waals surface area contributed by atoms with Crippen LogP contribution in [0.25, 0.3) is 33.3 Å². The van der Waals surface area contributed by atoms with Crippen LogP contribution in [0.5, 0.6) is 5.75 Å². The van der Waals surface area contributed by atoms with Crippen molar-refractivity contribution in [2.45, 2.75) is 130 Å². The number of rotatable bonds is 10. The Labute approximate surface area is 491 Å². The number of aromatic nitrogens is 2. The lowest BCUT2D eigenvalue weighted by atomic mass is 9.84. The maximum atomic E-state index is 14.8. The van der Waals surface area contributed by atoms with E-state index in [1.807, 2.05) is 45.9 Å². The van der Waals surface area contributed by atoms with E-state index in [4.69, 9.17) is 14.5 Å². The summed E-state index contributed by atoms with van der Waals surface area (Å²) in [5.41, 5.74) is 8.93. The number of hydrogen-bond donors (Lipinski definition) is 4. The Bertz CT molecular complexity index is 2670. The number of aryl methyl sites for hydroxylation is 1. The fraction of sp³-hybridized carbons (Fsp3) is 0.556. The molecule has 4 aliphatic rings. The van der Waals surface area contributed by atoms with Crippen molar-refractivity contribution in [3.8, 4) is 28.1 Å². The van der Waals surface area contributed by atoms with Crippen molar-refractivity contribution < 1.29 is 38.6 Å². The minimum atomic E-state index is -1.16. The molecule has 0 unspecified atom stereocenters. The third-order valence-electron chi connectivity index (χ3n) is 15.0. The number of aromatic hydroxyl groups is 1. The molecule has 4 N–H and O–H groups in total. The van der Waals surface area contributed by atoms with Crippen LogP contribution in [0.15, 0.2) is 54.7 Å². The van der Waals surface area contributed by atoms with E-state index in [0.717, 1.165) is 63.9 Å². The first-order chi connectivity index (χ1) is 33.3. The monoisotopic (exact) mass is 1160 g/mol. The number of ether oxygens (including phenoxy) is 2. The van der Waals surface area contributed by atoms with Gasteiger partial charge in [-0.15, -0.1) is 0 Å². The van der Waals surface area contributed by atoms with E-state index in [0.29, 0.717) is 44.3 Å². The van der Waals surface area contributed by atoms with Gasteiger partial charge in [0.15, 0.2) is 0 Å². The van der Waals surface area contributed by atoms with Gasteiger partial charge in [0.2, 0.25) is 17.7 Å². The summed E-state index contributed by atoms with van der Waals surface area (Å²) in [5.74, 6) is -2.54. The number of esters is 1. The molecule has 22 heteroatoms. The second-order valence-electron chi connectivity index (χ2n) is 21.3. The number of pyridine rings is 1. The predicted molar refractivity (Wildman–Crippen MR) is 329 cm³/mol. The van der Waals surface area contributed by atoms with Crippen molar-refractivity contribution in [2.24, 2.45) is 17.3 Å². The molecule has 3 fully saturated rings. The maximum absolute atomic E-state index is 14.8. The van der Waals surface area contributed by atoms with Crippen molar-refractivity contribution >= 4 is 121 Å². The van der Waals surface area contributed by atoms with Gasteiger partial charge in [0.25, 0.3) is 5.91 Å². The highest BCUT2D eigenvalue weighted by Gasteiger charge is 2.44. The van der Waals surface area contributed by atoms with Gasteiger partial charge >= 0.3 is 5.97 Å². The molecule has 8 rings (SSSR count). The number of nitrogens with zero attached hydrogens (tertiary/aromatic N) is 5. The topological polar surface area (TPSA) is 188 Å². The summed E-state index contributed by atoms with van der Waals surface area (Å²) in [7, 11) is 3.29. The third-order valence-corrected chi connectivity index (χ3v) is 15.0. The lowest BCUT2D eigenvalue weighted by Crippen LogP contribution is -2.62. The molecular formula is C54H84N8O8S6. The summed E-state index contributed by atoms with van der Waals surface area (Å²) in [4.78, 5) is 79.3. The van der Waals surface area contributed by atoms with Gasteiger partial charge in [0.1, 0.15) is 23.9 Å². The van der Waals surface area contributed by atoms with Gasteiger partial charge in [0, 0.05) is 74.8 Å². The number of carbonyl (C=O) groups is 5. The smallest absolute Gasteiger partial charge is 0.324 e. The second kappa shape index (κ2) is 28.4. The lowest BCUT2D eigenvalue weighted by Gasteiger charge is -2.37. The van der Waals surface area contributed by atoms with Crippen molar-refractivity contribution in [1.82, 2.24) is 40.4 Å². The number of carbonyl (C=O) groups excluding carboxylic acids is 5. The molecule has 76 heavy (non-hydrogen) atoms. The van der Waals surface area contributed by atoms with E-state index in [9.17, 15) is 29.1 Å². The average Bonchev–Trinajstić information content (AvgIpc) is 4.09. The number of phenolic OH excluding ortho intramolecular Hbond substituents is 1. The Kier molecular flexibility index (Phi) is 25.6. The zero-order chi connectivity index (χ0) is 50.2. The molecule has 4 amide bonds. The molecule has 0 aliphatic carbocycles. The molecule has 0 radical (unpaired) electrons. The normalized spacial score (nSPS) is 21.9. The summed E-state index contributed by atoms with van der Waals surface area (Å²) in [5, 5.41) is 20.2. The number of hydrazine groups is 1. The fourth-order valence-electron chi connectivity index (χ4n) is 11.2. The van der Waals surface area contributed by atoms with Crippen LogP contribution in [0, 0.1) is 17.3 Å². The number of amides is 4. The van der Waals surface area contributed by atoms with Gasteiger partial charge in [0.05, 0.1) is 35.6 Å². The van der Waals surface area contributed by atoms with Crippen molar-refractivity contribution in [3.63, 3.8) is 0 Å². The zero-order valence-electron chi connectivity index (χ0n) is 45.4. The largest absolute Gasteiger partial charge is 0.508 e. The van der Waals surface area contributed by atoms with E-state index >= 15 is 0 Å². The lowest BCUT2D eigenvalue weighted by molar-refractivity contribution is -0.155. The van der Waals surface area contributed by atoms with E-state index in [-0.39, 0.29) is 137 Å². The first-order valence-electron chi connectivity index (χ1n) is 25.1. The van der Waals surface area contributed by atoms with Crippen LogP contribution >= 0.6 is 81.0 Å². The predicted octanol–water partition coefficient (Wildman–Crippen LogP) is 6.60. The number of fused-ring (bicyclic) bond motifs is 6. The standard InChI is InChI=1S/C54H72N8O8.6H2S/c1-10-61-44-17-16-35-28-40(44)41(47(61)39-14-11-20-55-45(39)33(4)69-9)29-53(5,6)31-70-51(67)42-15-12-22-62(58-42)50(66)43(26-34-24-37(35)27-38(63)25-34)57-48(64)46(32(2)3)59(8)49(65)36-18-23-60(30-36)52(68)54(7)19-13-21-56-54;;;;;;/h11,14,16-17,20,24-25,27-28,32-33,36,42-43,46,56,58,63H,10,12-13,15,18-19,21-23,26,29-31H2,1-9H3,(H,57,64);6*1H2/t33-,36-,42-,43-,46-,54-;;;;;;/m0....../s1. The fourth-order valence-corrected chi connectivity index (χ4v) is 11.2. The number of methoxy groups -OCH3 is 1. The van der Waals surface area contributed by atoms with Crippen molar-refractivity contribution in [1.29, 1.82) is 0 Å². The first-order valence-corrected chi connectivity index (χ1v) is 25.1. The summed E-state index contributed by atoms with van der Waals surface area (Å²) in [6.07, 6.45) is 5.12. The summed E-state index contributed by atoms with van der Waals surface area (Å²) in [6, 6.07) is 12.6. The third kappa shape index (κ3) is 14.3. The van der Waals surface area contributed by atoms with E-state index in [2.05, 4.69) is 59.6 Å². The number of likely N-dealkylation sites (tertiary alicyclic amines) is 1. The molecule has 2 aromatic carbocycles. The number of cyclic esters (lactones) is 1. The van der Waals surface area contributed by atoms with Gasteiger partial charge < -0.3 is 39.6 Å². The van der Waals surface area contributed by atoms with Crippen LogP contribution in [0.1, 0.15) is 103 Å². The van der Waals surface area contributed by atoms with Crippen molar-refractivity contribution in [3.05, 3.63) is 71.5 Å². The van der Waals surface area contributed by atoms with Gasteiger partial charge in [-0.1, -0.05) is 39.8 Å². The number of benzene rings is 2. The quantitative estimate of drug-likeness (QED) is 0.125. The second-order valence-corrected chi connectivity index (χ2v) is 21.3. The molecule has 3 saturated heterocycles. The molecule has 6 bridgehead atoms. The van der Waals surface area contributed by atoms with Crippen LogP contribution < -0.4 is 16.1 Å². The molecule has 6 heterocycles. The molecule has 4 aliphatic heterocycles. The Morgan fingerprint density at radius 1 is 0.961 bits per heavy atom. The maximum Gasteiger partial charge on any atom is 0.324 e. The van der Waals surface area contributed by atoms with Crippen LogP contribution in [-0.2, 0) is 52.8 Å². The van der Waals surface area contributed by atoms with Gasteiger partial charge in [-0.2, -0.15) is 81.0 Å². The number of likely N-dealkylation sites (N-methyl/N-ethyl adjacent to an activating group) is 1. The summed E-state index contributed by atoms with van der Waals surface area (Å²) in [6.45, 7) is 16.4. The van der Waals surface area contributed by atoms with Crippen LogP contribution in [-0.4, -0.2) is 130 Å². The minimum Gasteiger partial charge on any atom is -0.508 e. The molecular weight excluding hydrogens is 1080 g/mol. The van der Waals surface area contributed by atoms with Crippen LogP contribution in [0.2, 0.25) is 0 Å². The molecule has 16 nitrogen and oxygen atoms in total. The van der Waals surface area contributed by atoms with E-state index < -0.39 is 52.8 Å². The average molecular weight is 1170 g/mol. The van der Waals surface area contributed by atoms with E-state index in [1.54, 1.807) is 37.4 Å². The first kappa shape index (κ1) is 68.4. The SMILES string of the molecule is CCn1c(-c2cccnc2[C@H](C)OC)c2c3cc(ccc31)-c1cc(O)cc(c1)C[C@H](NC(=O)[C@H](C(C)C)N(C)C(=O)[C@H]1CCN(C(=O)[C@]3(C)CCCN3)C1)C(=O)N1CCC[C@H](N1)C(=O)OCC(C)(C)C2.S.S.S.S.S.S. The Morgan fingerprint density at radius 2 is 1.68 bits per heavy atom. The molecule has 0 spiro atoms. The summed E-state index contributed by atoms with van der Waals surface area (Å²) < 4.78 is 14.2. The Balaban J connectivity index is 0.00000329. The highest BCUT2D eigenvalue weighted by Crippen LogP contribution is 2.42. The van der Waals surface area contributed by atoms with Gasteiger partial charge in [-0.3, -0.25) is 34.0 Å². The van der Waals surface area contributed by atoms with Crippen LogP contribution in [0.3, 0.4) is 0 Å². The molecule has 4 aromatic rings.